The number of halogens is 1. The van der Waals surface area contributed by atoms with Crippen LogP contribution in [-0.2, 0) is 14.2 Å². The van der Waals surface area contributed by atoms with Crippen molar-refractivity contribution in [3.05, 3.63) is 68.3 Å². The molecule has 3 aliphatic rings. The summed E-state index contributed by atoms with van der Waals surface area (Å²) in [6.45, 7) is 4.24. The minimum Gasteiger partial charge on any atom is -0.504 e. The molecule has 2 aromatic rings. The lowest BCUT2D eigenvalue weighted by molar-refractivity contribution is -0.122. The van der Waals surface area contributed by atoms with Crippen LogP contribution in [-0.4, -0.2) is 42.3 Å². The first kappa shape index (κ1) is 29.9. The number of fused-ring (bicyclic) bond motifs is 3. The highest BCUT2D eigenvalue weighted by molar-refractivity contribution is 14.1. The Morgan fingerprint density at radius 3 is 2.59 bits per heavy atom. The van der Waals surface area contributed by atoms with Gasteiger partial charge in [-0.05, 0) is 102 Å². The second-order valence-electron chi connectivity index (χ2n) is 11.2. The maximum Gasteiger partial charge on any atom is 0.455 e. The third-order valence-corrected chi connectivity index (χ3v) is 9.51. The molecule has 2 fully saturated rings. The SMILES string of the molecule is CCC/C(=C\c1cc(I)c(O)c(OC)c1)CC[C@H]1OB(O)C[C@H]2C1=C(CC)C[C@H]1C(=O)N(c3ccccc3)C(=O)[C@H]12. The van der Waals surface area contributed by atoms with E-state index in [1.807, 2.05) is 30.3 Å². The van der Waals surface area contributed by atoms with Crippen molar-refractivity contribution in [2.75, 3.05) is 12.0 Å². The standard InChI is InChI=1S/C32H37BINO6/c1-4-9-19(14-20-15-25(34)30(36)27(16-20)40-3)12-13-26-28-21(5-2)17-23-29(24(28)18-33(39)41-26)32(38)35(31(23)37)22-10-7-6-8-11-22/h6-8,10-11,14-16,23-24,26,29,36,39H,4-5,9,12-13,17-18H2,1-3H3/b19-14+/t23-,24+,26-,29-/m1/s1. The number of para-hydroxylation sites is 1. The summed E-state index contributed by atoms with van der Waals surface area (Å²) in [6.07, 6.45) is 6.80. The molecule has 0 radical (unpaired) electrons. The highest BCUT2D eigenvalue weighted by Crippen LogP contribution is 2.52. The van der Waals surface area contributed by atoms with Crippen molar-refractivity contribution in [3.8, 4) is 11.5 Å². The number of phenols is 1. The largest absolute Gasteiger partial charge is 0.504 e. The lowest BCUT2D eigenvalue weighted by Crippen LogP contribution is -2.46. The lowest BCUT2D eigenvalue weighted by atomic mass is 9.58. The zero-order valence-electron chi connectivity index (χ0n) is 23.8. The van der Waals surface area contributed by atoms with Gasteiger partial charge in [0.2, 0.25) is 11.8 Å². The number of benzene rings is 2. The molecule has 4 atom stereocenters. The van der Waals surface area contributed by atoms with Gasteiger partial charge in [-0.15, -0.1) is 0 Å². The molecule has 0 unspecified atom stereocenters. The fraction of sp³-hybridized carbons (Fsp3) is 0.438. The van der Waals surface area contributed by atoms with E-state index in [1.54, 1.807) is 19.2 Å². The third kappa shape index (κ3) is 5.86. The lowest BCUT2D eigenvalue weighted by Gasteiger charge is -2.43. The molecule has 2 amide bonds. The summed E-state index contributed by atoms with van der Waals surface area (Å²) in [6, 6.07) is 12.9. The monoisotopic (exact) mass is 669 g/mol. The second kappa shape index (κ2) is 12.7. The van der Waals surface area contributed by atoms with Gasteiger partial charge in [0.25, 0.3) is 0 Å². The molecule has 0 bridgehead atoms. The summed E-state index contributed by atoms with van der Waals surface area (Å²) < 4.78 is 12.2. The van der Waals surface area contributed by atoms with E-state index in [9.17, 15) is 19.7 Å². The number of ether oxygens (including phenoxy) is 1. The average Bonchev–Trinajstić information content (AvgIpc) is 3.22. The number of phenolic OH excluding ortho intramolecular Hbond substituents is 1. The molecule has 2 saturated heterocycles. The normalized spacial score (nSPS) is 24.6. The van der Waals surface area contributed by atoms with Gasteiger partial charge in [-0.3, -0.25) is 14.5 Å². The number of rotatable bonds is 9. The molecule has 7 nitrogen and oxygen atoms in total. The first-order valence-electron chi connectivity index (χ1n) is 14.5. The first-order chi connectivity index (χ1) is 19.8. The topological polar surface area (TPSA) is 96.3 Å². The molecule has 2 heterocycles. The predicted octanol–water partition coefficient (Wildman–Crippen LogP) is 6.38. The van der Waals surface area contributed by atoms with Crippen LogP contribution in [0.25, 0.3) is 6.08 Å². The Balaban J connectivity index is 1.42. The summed E-state index contributed by atoms with van der Waals surface area (Å²) in [5.74, 6) is -0.830. The van der Waals surface area contributed by atoms with Crippen molar-refractivity contribution in [2.24, 2.45) is 17.8 Å². The van der Waals surface area contributed by atoms with E-state index in [-0.39, 0.29) is 29.6 Å². The summed E-state index contributed by atoms with van der Waals surface area (Å²) in [4.78, 5) is 28.7. The average molecular weight is 669 g/mol. The van der Waals surface area contributed by atoms with Crippen molar-refractivity contribution in [3.63, 3.8) is 0 Å². The number of carbonyl (C=O) groups excluding carboxylic acids is 2. The van der Waals surface area contributed by atoms with Crippen LogP contribution in [0.5, 0.6) is 11.5 Å². The molecule has 1 aliphatic carbocycles. The van der Waals surface area contributed by atoms with E-state index in [0.29, 0.717) is 30.6 Å². The number of anilines is 1. The molecule has 2 N–H and O–H groups in total. The van der Waals surface area contributed by atoms with Crippen LogP contribution in [0.15, 0.2) is 59.2 Å². The molecule has 2 aliphatic heterocycles. The van der Waals surface area contributed by atoms with Crippen molar-refractivity contribution in [1.29, 1.82) is 0 Å². The Labute approximate surface area is 255 Å². The zero-order valence-corrected chi connectivity index (χ0v) is 26.0. The first-order valence-corrected chi connectivity index (χ1v) is 15.6. The summed E-state index contributed by atoms with van der Waals surface area (Å²) >= 11 is 2.10. The van der Waals surface area contributed by atoms with E-state index >= 15 is 0 Å². The number of aromatic hydroxyl groups is 1. The Morgan fingerprint density at radius 1 is 1.15 bits per heavy atom. The van der Waals surface area contributed by atoms with Crippen molar-refractivity contribution < 1.29 is 29.1 Å². The van der Waals surface area contributed by atoms with Crippen molar-refractivity contribution >= 4 is 53.3 Å². The van der Waals surface area contributed by atoms with Gasteiger partial charge in [0.1, 0.15) is 0 Å². The van der Waals surface area contributed by atoms with Gasteiger partial charge in [0.15, 0.2) is 11.5 Å². The Kier molecular flexibility index (Phi) is 9.25. The van der Waals surface area contributed by atoms with E-state index < -0.39 is 19.0 Å². The van der Waals surface area contributed by atoms with Gasteiger partial charge in [-0.2, -0.15) is 0 Å². The van der Waals surface area contributed by atoms with Gasteiger partial charge in [-0.1, -0.05) is 55.7 Å². The molecule has 216 valence electrons. The number of methoxy groups -OCH3 is 1. The molecule has 0 saturated carbocycles. The van der Waals surface area contributed by atoms with Crippen LogP contribution in [0, 0.1) is 21.3 Å². The Hall–Kier alpha value is -2.63. The summed E-state index contributed by atoms with van der Waals surface area (Å²) in [5.41, 5.74) is 5.11. The molecule has 41 heavy (non-hydrogen) atoms. The molecule has 2 aromatic carbocycles. The maximum atomic E-state index is 13.8. The number of nitrogens with zero attached hydrogens (tertiary/aromatic N) is 1. The molecule has 5 rings (SSSR count). The van der Waals surface area contributed by atoms with E-state index in [1.165, 1.54) is 16.0 Å². The highest BCUT2D eigenvalue weighted by Gasteiger charge is 2.57. The smallest absolute Gasteiger partial charge is 0.455 e. The van der Waals surface area contributed by atoms with Crippen LogP contribution in [0.3, 0.4) is 0 Å². The highest BCUT2D eigenvalue weighted by atomic mass is 127. The summed E-state index contributed by atoms with van der Waals surface area (Å²) in [7, 11) is 0.560. The number of carbonyl (C=O) groups is 2. The summed E-state index contributed by atoms with van der Waals surface area (Å²) in [5, 5.41) is 21.1. The van der Waals surface area contributed by atoms with Crippen LogP contribution < -0.4 is 9.64 Å². The molecule has 0 spiro atoms. The fourth-order valence-electron chi connectivity index (χ4n) is 6.91. The zero-order chi connectivity index (χ0) is 29.3. The van der Waals surface area contributed by atoms with E-state index in [4.69, 9.17) is 9.39 Å². The van der Waals surface area contributed by atoms with Gasteiger partial charge in [0.05, 0.1) is 34.3 Å². The minimum absolute atomic E-state index is 0.137. The van der Waals surface area contributed by atoms with Gasteiger partial charge in [0, 0.05) is 0 Å². The van der Waals surface area contributed by atoms with Crippen LogP contribution in [0.1, 0.15) is 57.9 Å². The van der Waals surface area contributed by atoms with Gasteiger partial charge < -0.3 is 19.5 Å². The fourth-order valence-corrected chi connectivity index (χ4v) is 7.53. The van der Waals surface area contributed by atoms with Crippen LogP contribution in [0.4, 0.5) is 5.69 Å². The predicted molar refractivity (Wildman–Crippen MR) is 168 cm³/mol. The number of allylic oxidation sites excluding steroid dienone is 2. The number of hydrogen-bond acceptors (Lipinski definition) is 6. The van der Waals surface area contributed by atoms with E-state index in [2.05, 4.69) is 42.5 Å². The Morgan fingerprint density at radius 2 is 1.90 bits per heavy atom. The van der Waals surface area contributed by atoms with Gasteiger partial charge in [-0.25, -0.2) is 0 Å². The van der Waals surface area contributed by atoms with Crippen molar-refractivity contribution in [2.45, 2.75) is 64.8 Å². The second-order valence-corrected chi connectivity index (χ2v) is 12.3. The number of amides is 2. The van der Waals surface area contributed by atoms with Crippen LogP contribution >= 0.6 is 22.6 Å². The Bertz CT molecular complexity index is 1380. The molecule has 9 heteroatoms. The van der Waals surface area contributed by atoms with Crippen molar-refractivity contribution in [1.82, 2.24) is 0 Å². The molecular formula is C32H37BINO6. The number of imide groups is 1. The minimum atomic E-state index is -0.985. The van der Waals surface area contributed by atoms with E-state index in [0.717, 1.165) is 40.4 Å². The molecular weight excluding hydrogens is 632 g/mol. The molecule has 0 aromatic heterocycles. The quantitative estimate of drug-likeness (QED) is 0.139. The van der Waals surface area contributed by atoms with Crippen LogP contribution in [0.2, 0.25) is 6.32 Å². The maximum absolute atomic E-state index is 13.8. The number of hydrogen-bond donors (Lipinski definition) is 2. The van der Waals surface area contributed by atoms with Gasteiger partial charge >= 0.3 is 7.12 Å². The third-order valence-electron chi connectivity index (χ3n) is 8.69.